The van der Waals surface area contributed by atoms with E-state index in [2.05, 4.69) is 55.0 Å². The van der Waals surface area contributed by atoms with Gasteiger partial charge in [0.25, 0.3) is 0 Å². The van der Waals surface area contributed by atoms with Gasteiger partial charge in [-0.1, -0.05) is 62.2 Å². The van der Waals surface area contributed by atoms with Crippen LogP contribution >= 0.6 is 31.9 Å². The third-order valence-electron chi connectivity index (χ3n) is 2.86. The number of rotatable bonds is 1. The molecule has 0 amide bonds. The molecule has 0 spiro atoms. The molecule has 0 saturated heterocycles. The van der Waals surface area contributed by atoms with Gasteiger partial charge in [0.15, 0.2) is 0 Å². The molecule has 3 aromatic rings. The Labute approximate surface area is 122 Å². The monoisotopic (exact) mass is 361 g/mol. The molecule has 0 aliphatic heterocycles. The molecule has 2 aromatic carbocycles. The first-order valence-electron chi connectivity index (χ1n) is 5.55. The van der Waals surface area contributed by atoms with Gasteiger partial charge in [0.05, 0.1) is 5.69 Å². The van der Waals surface area contributed by atoms with Gasteiger partial charge in [-0.15, -0.1) is 0 Å². The summed E-state index contributed by atoms with van der Waals surface area (Å²) in [5.74, 6) is 0. The van der Waals surface area contributed by atoms with Crippen LogP contribution < -0.4 is 0 Å². The Morgan fingerprint density at radius 2 is 1.72 bits per heavy atom. The molecule has 0 fully saturated rings. The van der Waals surface area contributed by atoms with Crippen LogP contribution in [0.4, 0.5) is 0 Å². The van der Waals surface area contributed by atoms with Crippen molar-refractivity contribution in [2.75, 3.05) is 0 Å². The summed E-state index contributed by atoms with van der Waals surface area (Å²) in [6, 6.07) is 16.5. The molecule has 0 unspecified atom stereocenters. The number of halogens is 2. The van der Waals surface area contributed by atoms with Crippen LogP contribution in [-0.2, 0) is 0 Å². The molecule has 0 N–H and O–H groups in total. The molecule has 0 saturated carbocycles. The van der Waals surface area contributed by atoms with Gasteiger partial charge >= 0.3 is 0 Å². The first-order valence-corrected chi connectivity index (χ1v) is 7.13. The molecular formula is C15H9Br2N. The lowest BCUT2D eigenvalue weighted by Gasteiger charge is -2.08. The molecule has 0 bridgehead atoms. The molecule has 0 aliphatic rings. The standard InChI is InChI=1S/C15H9Br2N/c16-11-5-6-13(14(17)9-11)15-12-4-2-1-3-10(12)7-8-18-15/h1-9H. The number of aromatic nitrogens is 1. The molecule has 3 heteroatoms. The van der Waals surface area contributed by atoms with E-state index in [0.29, 0.717) is 0 Å². The topological polar surface area (TPSA) is 12.9 Å². The fourth-order valence-corrected chi connectivity index (χ4v) is 3.25. The lowest BCUT2D eigenvalue weighted by molar-refractivity contribution is 1.35. The van der Waals surface area contributed by atoms with E-state index in [1.807, 2.05) is 36.5 Å². The second kappa shape index (κ2) is 4.82. The number of fused-ring (bicyclic) bond motifs is 1. The van der Waals surface area contributed by atoms with Crippen molar-refractivity contribution < 1.29 is 0 Å². The van der Waals surface area contributed by atoms with E-state index in [4.69, 9.17) is 0 Å². The van der Waals surface area contributed by atoms with E-state index in [1.54, 1.807) is 0 Å². The smallest absolute Gasteiger partial charge is 0.0791 e. The Kier molecular flexibility index (Phi) is 3.18. The van der Waals surface area contributed by atoms with E-state index in [0.717, 1.165) is 20.2 Å². The summed E-state index contributed by atoms with van der Waals surface area (Å²) in [7, 11) is 0. The van der Waals surface area contributed by atoms with Gasteiger partial charge in [-0.25, -0.2) is 0 Å². The maximum absolute atomic E-state index is 4.52. The van der Waals surface area contributed by atoms with Gasteiger partial charge in [0, 0.05) is 26.1 Å². The van der Waals surface area contributed by atoms with E-state index >= 15 is 0 Å². The fourth-order valence-electron chi connectivity index (χ4n) is 2.02. The number of benzene rings is 2. The first-order chi connectivity index (χ1) is 8.75. The predicted molar refractivity (Wildman–Crippen MR) is 82.6 cm³/mol. The molecule has 0 atom stereocenters. The van der Waals surface area contributed by atoms with Crippen molar-refractivity contribution in [3.05, 3.63) is 63.7 Å². The van der Waals surface area contributed by atoms with Crippen molar-refractivity contribution in [3.8, 4) is 11.3 Å². The normalized spacial score (nSPS) is 10.8. The van der Waals surface area contributed by atoms with Gasteiger partial charge < -0.3 is 0 Å². The zero-order valence-electron chi connectivity index (χ0n) is 9.40. The quantitative estimate of drug-likeness (QED) is 0.562. The van der Waals surface area contributed by atoms with E-state index < -0.39 is 0 Å². The average Bonchev–Trinajstić information content (AvgIpc) is 2.38. The Balaban J connectivity index is 2.31. The minimum Gasteiger partial charge on any atom is -0.256 e. The van der Waals surface area contributed by atoms with Crippen LogP contribution in [0.2, 0.25) is 0 Å². The highest BCUT2D eigenvalue weighted by Gasteiger charge is 2.08. The SMILES string of the molecule is Brc1ccc(-c2nccc3ccccc23)c(Br)c1. The minimum atomic E-state index is 1.01. The zero-order chi connectivity index (χ0) is 12.5. The van der Waals surface area contributed by atoms with Gasteiger partial charge in [0.1, 0.15) is 0 Å². The van der Waals surface area contributed by atoms with Crippen LogP contribution in [0.15, 0.2) is 63.7 Å². The van der Waals surface area contributed by atoms with Crippen molar-refractivity contribution in [2.24, 2.45) is 0 Å². The molecule has 1 nitrogen and oxygen atoms in total. The Bertz CT molecular complexity index is 717. The summed E-state index contributed by atoms with van der Waals surface area (Å²) < 4.78 is 2.10. The average molecular weight is 363 g/mol. The molecule has 0 aliphatic carbocycles. The summed E-state index contributed by atoms with van der Waals surface area (Å²) in [4.78, 5) is 4.52. The van der Waals surface area contributed by atoms with Crippen LogP contribution in [0, 0.1) is 0 Å². The Morgan fingerprint density at radius 1 is 0.889 bits per heavy atom. The number of pyridine rings is 1. The second-order valence-corrected chi connectivity index (χ2v) is 5.77. The van der Waals surface area contributed by atoms with Crippen LogP contribution in [0.3, 0.4) is 0 Å². The van der Waals surface area contributed by atoms with Gasteiger partial charge in [0.2, 0.25) is 0 Å². The molecule has 18 heavy (non-hydrogen) atoms. The van der Waals surface area contributed by atoms with Gasteiger partial charge in [-0.05, 0) is 23.6 Å². The number of nitrogens with zero attached hydrogens (tertiary/aromatic N) is 1. The van der Waals surface area contributed by atoms with Crippen molar-refractivity contribution in [1.82, 2.24) is 4.98 Å². The maximum Gasteiger partial charge on any atom is 0.0791 e. The summed E-state index contributed by atoms with van der Waals surface area (Å²) >= 11 is 7.07. The molecule has 0 radical (unpaired) electrons. The van der Waals surface area contributed by atoms with Crippen molar-refractivity contribution in [1.29, 1.82) is 0 Å². The summed E-state index contributed by atoms with van der Waals surface area (Å²) in [6.07, 6.45) is 1.85. The number of hydrogen-bond acceptors (Lipinski definition) is 1. The van der Waals surface area contributed by atoms with Crippen LogP contribution in [0.5, 0.6) is 0 Å². The summed E-state index contributed by atoms with van der Waals surface area (Å²) in [6.45, 7) is 0. The third-order valence-corrected chi connectivity index (χ3v) is 4.01. The summed E-state index contributed by atoms with van der Waals surface area (Å²) in [5.41, 5.74) is 2.11. The molecule has 88 valence electrons. The molecule has 3 rings (SSSR count). The third kappa shape index (κ3) is 2.08. The van der Waals surface area contributed by atoms with Crippen LogP contribution in [0.1, 0.15) is 0 Å². The van der Waals surface area contributed by atoms with E-state index in [1.165, 1.54) is 10.8 Å². The van der Waals surface area contributed by atoms with Crippen molar-refractivity contribution >= 4 is 42.6 Å². The fraction of sp³-hybridized carbons (Fsp3) is 0. The molecule has 1 aromatic heterocycles. The van der Waals surface area contributed by atoms with Crippen molar-refractivity contribution in [2.45, 2.75) is 0 Å². The van der Waals surface area contributed by atoms with E-state index in [-0.39, 0.29) is 0 Å². The second-order valence-electron chi connectivity index (χ2n) is 4.00. The van der Waals surface area contributed by atoms with Crippen LogP contribution in [-0.4, -0.2) is 4.98 Å². The predicted octanol–water partition coefficient (Wildman–Crippen LogP) is 5.43. The molecular weight excluding hydrogens is 354 g/mol. The van der Waals surface area contributed by atoms with Gasteiger partial charge in [-0.3, -0.25) is 4.98 Å². The largest absolute Gasteiger partial charge is 0.256 e. The maximum atomic E-state index is 4.52. The van der Waals surface area contributed by atoms with Crippen molar-refractivity contribution in [3.63, 3.8) is 0 Å². The first kappa shape index (κ1) is 11.9. The number of hydrogen-bond donors (Lipinski definition) is 0. The minimum absolute atomic E-state index is 1.01. The van der Waals surface area contributed by atoms with E-state index in [9.17, 15) is 0 Å². The Hall–Kier alpha value is -1.19. The lowest BCUT2D eigenvalue weighted by Crippen LogP contribution is -1.87. The van der Waals surface area contributed by atoms with Crippen LogP contribution in [0.25, 0.3) is 22.0 Å². The van der Waals surface area contributed by atoms with Gasteiger partial charge in [-0.2, -0.15) is 0 Å². The lowest BCUT2D eigenvalue weighted by atomic mass is 10.0. The Morgan fingerprint density at radius 3 is 2.56 bits per heavy atom. The highest BCUT2D eigenvalue weighted by molar-refractivity contribution is 9.11. The highest BCUT2D eigenvalue weighted by atomic mass is 79.9. The highest BCUT2D eigenvalue weighted by Crippen LogP contribution is 2.33. The molecule has 1 heterocycles. The summed E-state index contributed by atoms with van der Waals surface area (Å²) in [5, 5.41) is 2.38. The zero-order valence-corrected chi connectivity index (χ0v) is 12.6.